The maximum absolute atomic E-state index is 12.2. The number of nitrogens with zero attached hydrogens (tertiary/aromatic N) is 1. The molecule has 0 atom stereocenters. The highest BCUT2D eigenvalue weighted by Gasteiger charge is 2.18. The van der Waals surface area contributed by atoms with E-state index in [1.54, 1.807) is 36.4 Å². The first-order chi connectivity index (χ1) is 12.6. The third-order valence-electron chi connectivity index (χ3n) is 3.75. The Morgan fingerprint density at radius 3 is 1.93 bits per heavy atom. The number of hydrogen-bond acceptors (Lipinski definition) is 4. The number of hydrogen-bond donors (Lipinski definition) is 2. The Bertz CT molecular complexity index is 907. The smallest absolute Gasteiger partial charge is 0.232 e. The van der Waals surface area contributed by atoms with Crippen LogP contribution in [-0.2, 0) is 19.6 Å². The van der Waals surface area contributed by atoms with Gasteiger partial charge in [-0.05, 0) is 43.3 Å². The molecule has 2 rings (SSSR count). The van der Waals surface area contributed by atoms with Crippen LogP contribution in [0.5, 0.6) is 0 Å². The van der Waals surface area contributed by atoms with Crippen molar-refractivity contribution in [2.75, 3.05) is 27.7 Å². The van der Waals surface area contributed by atoms with Crippen LogP contribution in [0.15, 0.2) is 48.5 Å². The number of carbonyl (C=O) groups excluding carboxylic acids is 2. The number of sulfonamides is 1. The SMILES string of the molecule is CC(=O)Nc1ccc(NC(=O)CCN(c2ccc(C)cc2)S(C)(=O)=O)cc1. The highest BCUT2D eigenvalue weighted by atomic mass is 32.2. The van der Waals surface area contributed by atoms with Crippen molar-refractivity contribution in [2.45, 2.75) is 20.3 Å². The van der Waals surface area contributed by atoms with Crippen LogP contribution in [0.3, 0.4) is 0 Å². The molecular formula is C19H23N3O4S. The lowest BCUT2D eigenvalue weighted by atomic mass is 10.2. The van der Waals surface area contributed by atoms with Gasteiger partial charge in [-0.2, -0.15) is 0 Å². The van der Waals surface area contributed by atoms with Crippen molar-refractivity contribution in [3.05, 3.63) is 54.1 Å². The van der Waals surface area contributed by atoms with E-state index in [9.17, 15) is 18.0 Å². The molecule has 27 heavy (non-hydrogen) atoms. The molecule has 0 bridgehead atoms. The van der Waals surface area contributed by atoms with Crippen molar-refractivity contribution >= 4 is 38.9 Å². The Kier molecular flexibility index (Phi) is 6.57. The summed E-state index contributed by atoms with van der Waals surface area (Å²) in [5, 5.41) is 5.36. The Morgan fingerprint density at radius 2 is 1.44 bits per heavy atom. The first-order valence-electron chi connectivity index (χ1n) is 8.37. The maximum Gasteiger partial charge on any atom is 0.232 e. The number of anilines is 3. The molecule has 2 N–H and O–H groups in total. The minimum atomic E-state index is -3.50. The van der Waals surface area contributed by atoms with Crippen molar-refractivity contribution < 1.29 is 18.0 Å². The van der Waals surface area contributed by atoms with Gasteiger partial charge in [0, 0.05) is 31.3 Å². The summed E-state index contributed by atoms with van der Waals surface area (Å²) in [6.45, 7) is 3.37. The first-order valence-corrected chi connectivity index (χ1v) is 10.2. The van der Waals surface area contributed by atoms with Gasteiger partial charge in [-0.15, -0.1) is 0 Å². The molecule has 0 aliphatic rings. The zero-order valence-corrected chi connectivity index (χ0v) is 16.3. The molecule has 0 aromatic heterocycles. The molecule has 0 fully saturated rings. The van der Waals surface area contributed by atoms with E-state index in [1.165, 1.54) is 11.2 Å². The molecule has 144 valence electrons. The first kappa shape index (κ1) is 20.4. The van der Waals surface area contributed by atoms with Crippen molar-refractivity contribution in [1.29, 1.82) is 0 Å². The highest BCUT2D eigenvalue weighted by Crippen LogP contribution is 2.19. The van der Waals surface area contributed by atoms with Crippen molar-refractivity contribution in [3.63, 3.8) is 0 Å². The summed E-state index contributed by atoms with van der Waals surface area (Å²) in [6, 6.07) is 13.8. The van der Waals surface area contributed by atoms with Crippen LogP contribution in [0.4, 0.5) is 17.1 Å². The number of nitrogens with one attached hydrogen (secondary N) is 2. The topological polar surface area (TPSA) is 95.6 Å². The number of benzene rings is 2. The molecule has 0 unspecified atom stereocenters. The molecule has 0 aliphatic carbocycles. The molecule has 0 radical (unpaired) electrons. The number of rotatable bonds is 7. The van der Waals surface area contributed by atoms with E-state index in [0.29, 0.717) is 17.1 Å². The van der Waals surface area contributed by atoms with Gasteiger partial charge in [0.15, 0.2) is 0 Å². The molecule has 2 aromatic rings. The average molecular weight is 389 g/mol. The van der Waals surface area contributed by atoms with E-state index in [-0.39, 0.29) is 24.8 Å². The normalized spacial score (nSPS) is 10.9. The van der Waals surface area contributed by atoms with Gasteiger partial charge in [0.2, 0.25) is 21.8 Å². The molecular weight excluding hydrogens is 366 g/mol. The molecule has 8 heteroatoms. The largest absolute Gasteiger partial charge is 0.326 e. The van der Waals surface area contributed by atoms with Crippen LogP contribution in [0.2, 0.25) is 0 Å². The van der Waals surface area contributed by atoms with Gasteiger partial charge >= 0.3 is 0 Å². The quantitative estimate of drug-likeness (QED) is 0.761. The Balaban J connectivity index is 1.99. The molecule has 0 aliphatic heterocycles. The fourth-order valence-corrected chi connectivity index (χ4v) is 3.39. The van der Waals surface area contributed by atoms with Gasteiger partial charge < -0.3 is 10.6 Å². The van der Waals surface area contributed by atoms with Gasteiger partial charge in [0.25, 0.3) is 0 Å². The molecule has 0 saturated heterocycles. The van der Waals surface area contributed by atoms with E-state index in [2.05, 4.69) is 10.6 Å². The van der Waals surface area contributed by atoms with E-state index in [4.69, 9.17) is 0 Å². The summed E-state index contributed by atoms with van der Waals surface area (Å²) in [7, 11) is -3.50. The zero-order chi connectivity index (χ0) is 20.0. The van der Waals surface area contributed by atoms with Crippen LogP contribution in [-0.4, -0.2) is 33.0 Å². The molecule has 7 nitrogen and oxygen atoms in total. The lowest BCUT2D eigenvalue weighted by Gasteiger charge is -2.22. The number of amides is 2. The van der Waals surface area contributed by atoms with Crippen molar-refractivity contribution in [3.8, 4) is 0 Å². The lowest BCUT2D eigenvalue weighted by Crippen LogP contribution is -2.33. The zero-order valence-electron chi connectivity index (χ0n) is 15.5. The molecule has 0 heterocycles. The summed E-state index contributed by atoms with van der Waals surface area (Å²) >= 11 is 0. The van der Waals surface area contributed by atoms with E-state index >= 15 is 0 Å². The van der Waals surface area contributed by atoms with Crippen molar-refractivity contribution in [2.24, 2.45) is 0 Å². The third-order valence-corrected chi connectivity index (χ3v) is 4.95. The highest BCUT2D eigenvalue weighted by molar-refractivity contribution is 7.92. The average Bonchev–Trinajstić information content (AvgIpc) is 2.57. The predicted molar refractivity (Wildman–Crippen MR) is 107 cm³/mol. The standard InChI is InChI=1S/C19H23N3O4S/c1-14-4-10-18(11-5-14)22(27(3,25)26)13-12-19(24)21-17-8-6-16(7-9-17)20-15(2)23/h4-11H,12-13H2,1-3H3,(H,20,23)(H,21,24). The Labute approximate surface area is 159 Å². The molecule has 2 aromatic carbocycles. The summed E-state index contributed by atoms with van der Waals surface area (Å²) < 4.78 is 25.4. The summed E-state index contributed by atoms with van der Waals surface area (Å²) in [5.41, 5.74) is 2.74. The van der Waals surface area contributed by atoms with Gasteiger partial charge in [-0.3, -0.25) is 13.9 Å². The second-order valence-electron chi connectivity index (χ2n) is 6.23. The third kappa shape index (κ3) is 6.41. The van der Waals surface area contributed by atoms with Gasteiger partial charge in [0.05, 0.1) is 11.9 Å². The Hall–Kier alpha value is -2.87. The van der Waals surface area contributed by atoms with Crippen molar-refractivity contribution in [1.82, 2.24) is 0 Å². The van der Waals surface area contributed by atoms with Crippen LogP contribution in [0.25, 0.3) is 0 Å². The molecule has 0 spiro atoms. The van der Waals surface area contributed by atoms with Crippen LogP contribution in [0, 0.1) is 6.92 Å². The summed E-state index contributed by atoms with van der Waals surface area (Å²) in [6.07, 6.45) is 1.12. The second kappa shape index (κ2) is 8.68. The van der Waals surface area contributed by atoms with Crippen LogP contribution >= 0.6 is 0 Å². The minimum absolute atomic E-state index is 0.00833. The molecule has 0 saturated carbocycles. The molecule has 2 amide bonds. The van der Waals surface area contributed by atoms with E-state index in [1.807, 2.05) is 19.1 Å². The second-order valence-corrected chi connectivity index (χ2v) is 8.13. The van der Waals surface area contributed by atoms with E-state index < -0.39 is 10.0 Å². The summed E-state index contributed by atoms with van der Waals surface area (Å²) in [4.78, 5) is 23.2. The van der Waals surface area contributed by atoms with Gasteiger partial charge in [-0.1, -0.05) is 17.7 Å². The van der Waals surface area contributed by atoms with Gasteiger partial charge in [0.1, 0.15) is 0 Å². The van der Waals surface area contributed by atoms with Gasteiger partial charge in [-0.25, -0.2) is 8.42 Å². The lowest BCUT2D eigenvalue weighted by molar-refractivity contribution is -0.116. The number of aryl methyl sites for hydroxylation is 1. The van der Waals surface area contributed by atoms with Crippen LogP contribution < -0.4 is 14.9 Å². The predicted octanol–water partition coefficient (Wildman–Crippen LogP) is 2.75. The monoisotopic (exact) mass is 389 g/mol. The minimum Gasteiger partial charge on any atom is -0.326 e. The maximum atomic E-state index is 12.2. The van der Waals surface area contributed by atoms with E-state index in [0.717, 1.165) is 11.8 Å². The Morgan fingerprint density at radius 1 is 0.926 bits per heavy atom. The fraction of sp³-hybridized carbons (Fsp3) is 0.263. The summed E-state index contributed by atoms with van der Waals surface area (Å²) in [5.74, 6) is -0.480. The fourth-order valence-electron chi connectivity index (χ4n) is 2.46. The van der Waals surface area contributed by atoms with Crippen LogP contribution in [0.1, 0.15) is 18.9 Å². The number of carbonyl (C=O) groups is 2.